The molecule has 4 N–H and O–H groups in total. The molecular formula is C34H63FN2O13P2S. The van der Waals surface area contributed by atoms with Crippen LogP contribution in [0, 0.1) is 5.82 Å². The zero-order chi connectivity index (χ0) is 39.3. The molecular weight excluding hydrogens is 757 g/mol. The van der Waals surface area contributed by atoms with Gasteiger partial charge in [0.05, 0.1) is 19.4 Å². The average molecular weight is 821 g/mol. The van der Waals surface area contributed by atoms with Gasteiger partial charge in [-0.3, -0.25) is 23.4 Å². The van der Waals surface area contributed by atoms with Crippen molar-refractivity contribution in [3.05, 3.63) is 32.9 Å². The Morgan fingerprint density at radius 1 is 0.887 bits per heavy atom. The maximum absolute atomic E-state index is 13.9. The molecule has 0 aliphatic carbocycles. The number of phosphoric ester groups is 1. The van der Waals surface area contributed by atoms with Crippen molar-refractivity contribution >= 4 is 27.4 Å². The van der Waals surface area contributed by atoms with Gasteiger partial charge in [0.15, 0.2) is 6.23 Å². The summed E-state index contributed by atoms with van der Waals surface area (Å²) in [6.07, 6.45) is 11.9. The van der Waals surface area contributed by atoms with Crippen molar-refractivity contribution in [2.75, 3.05) is 19.0 Å². The fourth-order valence-corrected chi connectivity index (χ4v) is 9.62. The first-order valence-electron chi connectivity index (χ1n) is 19.2. The summed E-state index contributed by atoms with van der Waals surface area (Å²) in [7, 11) is -10.1. The molecule has 2 rings (SSSR count). The number of aromatic amines is 1. The fraction of sp³-hybridized carbons (Fsp3) is 0.882. The van der Waals surface area contributed by atoms with Crippen LogP contribution >= 0.6 is 27.4 Å². The third-order valence-electron chi connectivity index (χ3n) is 8.82. The van der Waals surface area contributed by atoms with Gasteiger partial charge in [0.2, 0.25) is 5.82 Å². The number of aromatic nitrogens is 2. The van der Waals surface area contributed by atoms with Gasteiger partial charge in [-0.1, -0.05) is 111 Å². The summed E-state index contributed by atoms with van der Waals surface area (Å²) in [5.41, 5.74) is -2.42. The van der Waals surface area contributed by atoms with Crippen LogP contribution in [-0.2, 0) is 36.8 Å². The van der Waals surface area contributed by atoms with Crippen LogP contribution in [-0.4, -0.2) is 73.3 Å². The number of aliphatic hydroxyl groups excluding tert-OH is 2. The number of halogens is 1. The van der Waals surface area contributed by atoms with Crippen molar-refractivity contribution in [2.24, 2.45) is 0 Å². The van der Waals surface area contributed by atoms with Crippen LogP contribution in [0.25, 0.3) is 0 Å². The zero-order valence-corrected chi connectivity index (χ0v) is 34.3. The van der Waals surface area contributed by atoms with Crippen molar-refractivity contribution in [3.8, 4) is 0 Å². The van der Waals surface area contributed by atoms with Crippen LogP contribution in [0.1, 0.15) is 143 Å². The molecule has 15 nitrogen and oxygen atoms in total. The Bertz CT molecular complexity index is 1370. The molecule has 2 heterocycles. The first-order chi connectivity index (χ1) is 25.3. The lowest BCUT2D eigenvalue weighted by Gasteiger charge is -2.25. The van der Waals surface area contributed by atoms with E-state index in [0.717, 1.165) is 50.7 Å². The van der Waals surface area contributed by atoms with Gasteiger partial charge in [0.1, 0.15) is 24.4 Å². The average Bonchev–Trinajstić information content (AvgIpc) is 3.40. The Morgan fingerprint density at radius 3 is 2.08 bits per heavy atom. The number of unbranched alkanes of at least 4 members (excludes halogenated alkanes) is 13. The SMILES string of the molecule is CCCCCCCCCCCSC(CCCCCCCC)C(C)OOP(=O)(O)OP(=O)(OCCC)OC[C@H]1O[C@@H](n2cc(F)c(=O)[nH]c2=O)[C@H](O)[C@@H]1O. The van der Waals surface area contributed by atoms with E-state index in [-0.39, 0.29) is 11.9 Å². The van der Waals surface area contributed by atoms with E-state index in [2.05, 4.69) is 13.8 Å². The van der Waals surface area contributed by atoms with E-state index in [0.29, 0.717) is 17.2 Å². The fourth-order valence-electron chi connectivity index (χ4n) is 5.75. The summed E-state index contributed by atoms with van der Waals surface area (Å²) in [6, 6.07) is 0. The highest BCUT2D eigenvalue weighted by atomic mass is 32.2. The van der Waals surface area contributed by atoms with Crippen molar-refractivity contribution in [1.82, 2.24) is 9.55 Å². The van der Waals surface area contributed by atoms with E-state index in [1.807, 2.05) is 0 Å². The highest BCUT2D eigenvalue weighted by molar-refractivity contribution is 7.99. The predicted octanol–water partition coefficient (Wildman–Crippen LogP) is 7.68. The minimum absolute atomic E-state index is 0.0431. The molecule has 0 bridgehead atoms. The number of hydrogen-bond donors (Lipinski definition) is 4. The molecule has 0 aromatic carbocycles. The van der Waals surface area contributed by atoms with Gasteiger partial charge in [-0.2, -0.15) is 20.5 Å². The molecule has 1 fully saturated rings. The van der Waals surface area contributed by atoms with Gasteiger partial charge in [-0.25, -0.2) is 18.8 Å². The van der Waals surface area contributed by atoms with Crippen molar-refractivity contribution in [3.63, 3.8) is 0 Å². The Kier molecular flexibility index (Phi) is 23.7. The lowest BCUT2D eigenvalue weighted by Crippen LogP contribution is -2.38. The summed E-state index contributed by atoms with van der Waals surface area (Å²) in [5, 5.41) is 20.9. The minimum Gasteiger partial charge on any atom is -0.387 e. The van der Waals surface area contributed by atoms with Crippen LogP contribution in [0.3, 0.4) is 0 Å². The second-order valence-electron chi connectivity index (χ2n) is 13.5. The molecule has 1 aliphatic rings. The molecule has 0 amide bonds. The Hall–Kier alpha value is -0.940. The van der Waals surface area contributed by atoms with E-state index < -0.39 is 70.0 Å². The number of thioether (sulfide) groups is 1. The molecule has 1 saturated heterocycles. The number of ether oxygens (including phenoxy) is 1. The summed E-state index contributed by atoms with van der Waals surface area (Å²) >= 11 is 1.73. The van der Waals surface area contributed by atoms with E-state index in [9.17, 15) is 38.2 Å². The van der Waals surface area contributed by atoms with Gasteiger partial charge in [0, 0.05) is 5.25 Å². The van der Waals surface area contributed by atoms with E-state index >= 15 is 0 Å². The van der Waals surface area contributed by atoms with Gasteiger partial charge < -0.3 is 19.8 Å². The molecule has 8 atom stereocenters. The number of rotatable bonds is 31. The van der Waals surface area contributed by atoms with E-state index in [1.54, 1.807) is 30.6 Å². The molecule has 0 spiro atoms. The van der Waals surface area contributed by atoms with Crippen molar-refractivity contribution < 1.29 is 56.3 Å². The van der Waals surface area contributed by atoms with Crippen LogP contribution in [0.2, 0.25) is 0 Å². The smallest absolute Gasteiger partial charge is 0.387 e. The molecule has 1 aromatic heterocycles. The molecule has 0 radical (unpaired) electrons. The molecule has 4 unspecified atom stereocenters. The third kappa shape index (κ3) is 18.3. The standard InChI is InChI=1S/C34H63FN2O13P2S/c1-5-8-10-12-14-15-16-18-20-23-53-29(21-19-17-13-11-9-6-2)26(4)48-49-51(42,43)50-52(44,45-22-7-3)46-25-28-30(38)31(39)33(47-28)37-24-27(35)32(40)36-34(37)41/h24,26,28-31,33,38-39H,5-23,25H2,1-4H3,(H,42,43)(H,36,40,41)/t26?,28-,29?,30-,31-,33-,52?/m1/s1. The topological polar surface area (TPSA) is 205 Å². The van der Waals surface area contributed by atoms with Crippen molar-refractivity contribution in [1.29, 1.82) is 0 Å². The maximum atomic E-state index is 13.9. The Morgan fingerprint density at radius 2 is 1.47 bits per heavy atom. The highest BCUT2D eigenvalue weighted by Gasteiger charge is 2.47. The largest absolute Gasteiger partial charge is 0.508 e. The Labute approximate surface area is 317 Å². The first-order valence-corrected chi connectivity index (χ1v) is 23.2. The zero-order valence-electron chi connectivity index (χ0n) is 31.7. The van der Waals surface area contributed by atoms with Crippen LogP contribution < -0.4 is 11.2 Å². The molecule has 53 heavy (non-hydrogen) atoms. The number of H-pyrrole nitrogens is 1. The number of aliphatic hydroxyl groups is 2. The quantitative estimate of drug-likeness (QED) is 0.0246. The normalized spacial score (nSPS) is 22.4. The van der Waals surface area contributed by atoms with E-state index in [4.69, 9.17) is 27.7 Å². The second kappa shape index (κ2) is 26.1. The minimum atomic E-state index is -5.23. The predicted molar refractivity (Wildman–Crippen MR) is 201 cm³/mol. The number of phosphoric acid groups is 2. The van der Waals surface area contributed by atoms with Gasteiger partial charge in [-0.15, -0.1) is 4.67 Å². The molecule has 310 valence electrons. The Balaban J connectivity index is 1.97. The number of nitrogens with zero attached hydrogens (tertiary/aromatic N) is 1. The van der Waals surface area contributed by atoms with E-state index in [1.165, 1.54) is 57.8 Å². The summed E-state index contributed by atoms with van der Waals surface area (Å²) in [6.45, 7) is 6.73. The van der Waals surface area contributed by atoms with Gasteiger partial charge >= 0.3 is 21.3 Å². The molecule has 1 aliphatic heterocycles. The number of hydrogen-bond acceptors (Lipinski definition) is 13. The first kappa shape index (κ1) is 48.2. The summed E-state index contributed by atoms with van der Waals surface area (Å²) in [4.78, 5) is 41.2. The molecule has 19 heteroatoms. The van der Waals surface area contributed by atoms with Crippen LogP contribution in [0.4, 0.5) is 4.39 Å². The molecule has 0 saturated carbocycles. The van der Waals surface area contributed by atoms with Crippen molar-refractivity contribution in [2.45, 2.75) is 173 Å². The second-order valence-corrected chi connectivity index (χ2v) is 18.0. The van der Waals surface area contributed by atoms with Gasteiger partial charge in [0.25, 0.3) is 5.56 Å². The lowest BCUT2D eigenvalue weighted by atomic mass is 10.1. The highest BCUT2D eigenvalue weighted by Crippen LogP contribution is 2.64. The number of nitrogens with one attached hydrogen (secondary N) is 1. The van der Waals surface area contributed by atoms with Gasteiger partial charge in [-0.05, 0) is 31.9 Å². The third-order valence-corrected chi connectivity index (χ3v) is 13.3. The monoisotopic (exact) mass is 820 g/mol. The lowest BCUT2D eigenvalue weighted by molar-refractivity contribution is -0.252. The summed E-state index contributed by atoms with van der Waals surface area (Å²) in [5.74, 6) is -0.441. The van der Waals surface area contributed by atoms with Crippen LogP contribution in [0.5, 0.6) is 0 Å². The van der Waals surface area contributed by atoms with Crippen LogP contribution in [0.15, 0.2) is 15.8 Å². The maximum Gasteiger partial charge on any atom is 0.508 e. The molecule has 1 aromatic rings. The summed E-state index contributed by atoms with van der Waals surface area (Å²) < 4.78 is 66.4.